The molecule has 5 heteroatoms. The zero-order valence-corrected chi connectivity index (χ0v) is 10.8. The molecule has 0 bridgehead atoms. The number of benzene rings is 1. The lowest BCUT2D eigenvalue weighted by atomic mass is 10.1. The van der Waals surface area contributed by atoms with Gasteiger partial charge in [0.25, 0.3) is 5.89 Å². The van der Waals surface area contributed by atoms with Crippen molar-refractivity contribution < 1.29 is 9.26 Å². The average molecular weight is 247 g/mol. The quantitative estimate of drug-likeness (QED) is 0.838. The van der Waals surface area contributed by atoms with E-state index in [1.165, 1.54) is 0 Å². The molecule has 0 aliphatic heterocycles. The van der Waals surface area contributed by atoms with Crippen molar-refractivity contribution in [2.75, 3.05) is 12.8 Å². The van der Waals surface area contributed by atoms with Gasteiger partial charge >= 0.3 is 0 Å². The van der Waals surface area contributed by atoms with E-state index in [-0.39, 0.29) is 6.10 Å². The number of methoxy groups -OCH3 is 1. The zero-order chi connectivity index (χ0) is 13.1. The molecule has 1 aromatic carbocycles. The van der Waals surface area contributed by atoms with Crippen LogP contribution >= 0.6 is 0 Å². The third-order valence-electron chi connectivity index (χ3n) is 2.90. The van der Waals surface area contributed by atoms with E-state index < -0.39 is 0 Å². The number of nitrogen functional groups attached to an aromatic ring is 1. The first kappa shape index (κ1) is 12.6. The van der Waals surface area contributed by atoms with Gasteiger partial charge in [0.1, 0.15) is 0 Å². The fraction of sp³-hybridized carbons (Fsp3) is 0.385. The van der Waals surface area contributed by atoms with Crippen LogP contribution in [0.4, 0.5) is 5.69 Å². The highest BCUT2D eigenvalue weighted by Crippen LogP contribution is 2.26. The minimum Gasteiger partial charge on any atom is -0.398 e. The van der Waals surface area contributed by atoms with Crippen molar-refractivity contribution in [2.24, 2.45) is 0 Å². The first-order valence-electron chi connectivity index (χ1n) is 5.82. The number of hydrogen-bond acceptors (Lipinski definition) is 5. The minimum atomic E-state index is 0.0605. The number of nitrogens with zero attached hydrogens (tertiary/aromatic N) is 2. The molecule has 0 radical (unpaired) electrons. The van der Waals surface area contributed by atoms with Gasteiger partial charge in [-0.2, -0.15) is 4.98 Å². The Morgan fingerprint density at radius 2 is 2.22 bits per heavy atom. The molecule has 5 nitrogen and oxygen atoms in total. The molecule has 1 aromatic heterocycles. The van der Waals surface area contributed by atoms with Crippen LogP contribution in [0.5, 0.6) is 0 Å². The van der Waals surface area contributed by atoms with Gasteiger partial charge in [-0.25, -0.2) is 0 Å². The molecule has 18 heavy (non-hydrogen) atoms. The Morgan fingerprint density at radius 3 is 2.94 bits per heavy atom. The molecule has 2 rings (SSSR count). The molecule has 0 aliphatic carbocycles. The Kier molecular flexibility index (Phi) is 3.62. The van der Waals surface area contributed by atoms with Gasteiger partial charge < -0.3 is 15.0 Å². The van der Waals surface area contributed by atoms with E-state index >= 15 is 0 Å². The highest BCUT2D eigenvalue weighted by atomic mass is 16.5. The summed E-state index contributed by atoms with van der Waals surface area (Å²) < 4.78 is 10.4. The van der Waals surface area contributed by atoms with Crippen molar-refractivity contribution in [3.63, 3.8) is 0 Å². The third-order valence-corrected chi connectivity index (χ3v) is 2.90. The molecule has 0 amide bonds. The molecule has 0 spiro atoms. The fourth-order valence-electron chi connectivity index (χ4n) is 1.65. The minimum absolute atomic E-state index is 0.0605. The van der Waals surface area contributed by atoms with Crippen molar-refractivity contribution in [3.05, 3.63) is 29.6 Å². The Balaban J connectivity index is 2.27. The van der Waals surface area contributed by atoms with Crippen LogP contribution in [0.2, 0.25) is 0 Å². The lowest BCUT2D eigenvalue weighted by Gasteiger charge is -2.04. The molecule has 2 aromatic rings. The van der Waals surface area contributed by atoms with Crippen molar-refractivity contribution >= 4 is 5.69 Å². The highest BCUT2D eigenvalue weighted by Gasteiger charge is 2.14. The van der Waals surface area contributed by atoms with E-state index in [2.05, 4.69) is 10.1 Å². The molecule has 2 N–H and O–H groups in total. The van der Waals surface area contributed by atoms with Gasteiger partial charge in [-0.3, -0.25) is 0 Å². The number of aromatic nitrogens is 2. The van der Waals surface area contributed by atoms with Gasteiger partial charge in [-0.05, 0) is 25.5 Å². The molecule has 1 unspecified atom stereocenters. The summed E-state index contributed by atoms with van der Waals surface area (Å²) >= 11 is 0. The number of ether oxygens (including phenoxy) is 1. The standard InChI is InChI=1S/C13H17N3O2/c1-8-5-4-6-10(12(8)14)13-15-11(16-18-13)7-9(2)17-3/h4-6,9H,7,14H2,1-3H3. The molecule has 1 heterocycles. The second kappa shape index (κ2) is 5.18. The van der Waals surface area contributed by atoms with Crippen LogP contribution in [0.25, 0.3) is 11.5 Å². The predicted octanol–water partition coefficient (Wildman–Crippen LogP) is 2.20. The Morgan fingerprint density at radius 1 is 1.44 bits per heavy atom. The van der Waals surface area contributed by atoms with Gasteiger partial charge in [0.2, 0.25) is 0 Å². The number of hydrogen-bond donors (Lipinski definition) is 1. The number of para-hydroxylation sites is 1. The zero-order valence-electron chi connectivity index (χ0n) is 10.8. The molecule has 0 aliphatic rings. The van der Waals surface area contributed by atoms with Crippen molar-refractivity contribution in [1.82, 2.24) is 10.1 Å². The first-order valence-corrected chi connectivity index (χ1v) is 5.82. The predicted molar refractivity (Wildman–Crippen MR) is 69.1 cm³/mol. The Bertz CT molecular complexity index is 537. The van der Waals surface area contributed by atoms with E-state index in [0.717, 1.165) is 11.1 Å². The summed E-state index contributed by atoms with van der Waals surface area (Å²) in [5.74, 6) is 1.08. The molecule has 96 valence electrons. The van der Waals surface area contributed by atoms with Crippen LogP contribution < -0.4 is 5.73 Å². The Hall–Kier alpha value is -1.88. The summed E-state index contributed by atoms with van der Waals surface area (Å²) in [5.41, 5.74) is 8.45. The first-order chi connectivity index (χ1) is 8.61. The van der Waals surface area contributed by atoms with Gasteiger partial charge in [-0.1, -0.05) is 17.3 Å². The second-order valence-electron chi connectivity index (χ2n) is 4.30. The molecular weight excluding hydrogens is 230 g/mol. The topological polar surface area (TPSA) is 74.2 Å². The van der Waals surface area contributed by atoms with Crippen molar-refractivity contribution in [3.8, 4) is 11.5 Å². The summed E-state index contributed by atoms with van der Waals surface area (Å²) in [6.45, 7) is 3.90. The lowest BCUT2D eigenvalue weighted by molar-refractivity contribution is 0.116. The van der Waals surface area contributed by atoms with Crippen LogP contribution in [0, 0.1) is 6.92 Å². The number of rotatable bonds is 4. The fourth-order valence-corrected chi connectivity index (χ4v) is 1.65. The molecule has 1 atom stereocenters. The summed E-state index contributed by atoms with van der Waals surface area (Å²) in [6, 6.07) is 5.74. The molecular formula is C13H17N3O2. The normalized spacial score (nSPS) is 12.6. The monoisotopic (exact) mass is 247 g/mol. The summed E-state index contributed by atoms with van der Waals surface area (Å²) in [4.78, 5) is 4.33. The van der Waals surface area contributed by atoms with E-state index in [1.807, 2.05) is 32.0 Å². The SMILES string of the molecule is COC(C)Cc1noc(-c2cccc(C)c2N)n1. The molecule has 0 saturated heterocycles. The summed E-state index contributed by atoms with van der Waals surface area (Å²) in [5, 5.41) is 3.93. The summed E-state index contributed by atoms with van der Waals surface area (Å²) in [6.07, 6.45) is 0.677. The Labute approximate surface area is 106 Å². The van der Waals surface area contributed by atoms with Crippen molar-refractivity contribution in [1.29, 1.82) is 0 Å². The maximum Gasteiger partial charge on any atom is 0.260 e. The lowest BCUT2D eigenvalue weighted by Crippen LogP contribution is -2.09. The number of nitrogens with two attached hydrogens (primary N) is 1. The molecule has 0 fully saturated rings. The smallest absolute Gasteiger partial charge is 0.260 e. The maximum absolute atomic E-state index is 6.00. The van der Waals surface area contributed by atoms with Gasteiger partial charge in [0.15, 0.2) is 5.82 Å². The number of anilines is 1. The third kappa shape index (κ3) is 2.51. The summed E-state index contributed by atoms with van der Waals surface area (Å²) in [7, 11) is 1.66. The maximum atomic E-state index is 6.00. The second-order valence-corrected chi connectivity index (χ2v) is 4.30. The van der Waals surface area contributed by atoms with Gasteiger partial charge in [-0.15, -0.1) is 0 Å². The van der Waals surface area contributed by atoms with E-state index in [1.54, 1.807) is 7.11 Å². The van der Waals surface area contributed by atoms with Gasteiger partial charge in [0, 0.05) is 19.2 Å². The highest BCUT2D eigenvalue weighted by molar-refractivity contribution is 5.72. The van der Waals surface area contributed by atoms with E-state index in [4.69, 9.17) is 15.0 Å². The van der Waals surface area contributed by atoms with Crippen molar-refractivity contribution in [2.45, 2.75) is 26.4 Å². The van der Waals surface area contributed by atoms with Crippen LogP contribution in [0.15, 0.2) is 22.7 Å². The largest absolute Gasteiger partial charge is 0.398 e. The van der Waals surface area contributed by atoms with Crippen LogP contribution in [0.3, 0.4) is 0 Å². The van der Waals surface area contributed by atoms with Crippen LogP contribution in [-0.2, 0) is 11.2 Å². The van der Waals surface area contributed by atoms with Gasteiger partial charge in [0.05, 0.1) is 11.7 Å². The number of aryl methyl sites for hydroxylation is 1. The van der Waals surface area contributed by atoms with E-state index in [9.17, 15) is 0 Å². The van der Waals surface area contributed by atoms with Crippen LogP contribution in [0.1, 0.15) is 18.3 Å². The average Bonchev–Trinajstić information content (AvgIpc) is 2.80. The molecule has 0 saturated carbocycles. The van der Waals surface area contributed by atoms with Crippen LogP contribution in [-0.4, -0.2) is 23.4 Å². The van der Waals surface area contributed by atoms with E-state index in [0.29, 0.717) is 23.8 Å².